The lowest BCUT2D eigenvalue weighted by Crippen LogP contribution is -2.31. The van der Waals surface area contributed by atoms with Crippen LogP contribution in [0, 0.1) is 0 Å². The number of para-hydroxylation sites is 2. The van der Waals surface area contributed by atoms with Crippen LogP contribution >= 0.6 is 0 Å². The van der Waals surface area contributed by atoms with E-state index >= 15 is 0 Å². The molecular weight excluding hydrogens is 368 g/mol. The van der Waals surface area contributed by atoms with Crippen LogP contribution in [-0.2, 0) is 16.0 Å². The number of hydrogen-bond donors (Lipinski definition) is 3. The van der Waals surface area contributed by atoms with E-state index in [4.69, 9.17) is 0 Å². The third-order valence-electron chi connectivity index (χ3n) is 4.47. The molecule has 0 atom stereocenters. The number of benzene rings is 2. The zero-order chi connectivity index (χ0) is 20.5. The Hall–Kier alpha value is -3.48. The number of hydrogen-bond acceptors (Lipinski definition) is 4. The van der Waals surface area contributed by atoms with Crippen molar-refractivity contribution in [2.75, 3.05) is 13.1 Å². The van der Waals surface area contributed by atoms with Gasteiger partial charge < -0.3 is 15.6 Å². The summed E-state index contributed by atoms with van der Waals surface area (Å²) >= 11 is 0. The second-order valence-corrected chi connectivity index (χ2v) is 6.69. The van der Waals surface area contributed by atoms with Crippen molar-refractivity contribution in [2.45, 2.75) is 25.7 Å². The number of carbonyl (C=O) groups is 3. The van der Waals surface area contributed by atoms with Crippen molar-refractivity contribution >= 4 is 28.6 Å². The lowest BCUT2D eigenvalue weighted by molar-refractivity contribution is -0.122. The predicted octanol–water partition coefficient (Wildman–Crippen LogP) is 2.39. The minimum Gasteiger partial charge on any atom is -0.356 e. The largest absolute Gasteiger partial charge is 0.356 e. The van der Waals surface area contributed by atoms with Crippen molar-refractivity contribution < 1.29 is 14.4 Å². The van der Waals surface area contributed by atoms with Gasteiger partial charge in [0.25, 0.3) is 0 Å². The van der Waals surface area contributed by atoms with Crippen LogP contribution < -0.4 is 10.6 Å². The first-order valence-electron chi connectivity index (χ1n) is 9.67. The molecule has 29 heavy (non-hydrogen) atoms. The highest BCUT2D eigenvalue weighted by Gasteiger charge is 2.09. The molecule has 0 unspecified atom stereocenters. The van der Waals surface area contributed by atoms with Gasteiger partial charge in [-0.05, 0) is 12.1 Å². The van der Waals surface area contributed by atoms with Crippen molar-refractivity contribution in [3.05, 3.63) is 66.0 Å². The van der Waals surface area contributed by atoms with Crippen LogP contribution in [0.5, 0.6) is 0 Å². The Labute approximate surface area is 168 Å². The molecule has 3 N–H and O–H groups in total. The van der Waals surface area contributed by atoms with Crippen LogP contribution in [0.15, 0.2) is 54.6 Å². The molecule has 0 saturated heterocycles. The number of aromatic nitrogens is 2. The van der Waals surface area contributed by atoms with Gasteiger partial charge >= 0.3 is 0 Å². The summed E-state index contributed by atoms with van der Waals surface area (Å²) in [6, 6.07) is 16.7. The maximum absolute atomic E-state index is 12.0. The molecule has 3 aromatic rings. The fraction of sp³-hybridized carbons (Fsp3) is 0.273. The van der Waals surface area contributed by atoms with Crippen LogP contribution in [0.2, 0.25) is 0 Å². The highest BCUT2D eigenvalue weighted by Crippen LogP contribution is 2.10. The predicted molar refractivity (Wildman–Crippen MR) is 110 cm³/mol. The molecule has 0 radical (unpaired) electrons. The number of nitrogens with zero attached hydrogens (tertiary/aromatic N) is 1. The highest BCUT2D eigenvalue weighted by atomic mass is 16.2. The normalized spacial score (nSPS) is 10.6. The first kappa shape index (κ1) is 20.3. The van der Waals surface area contributed by atoms with Gasteiger partial charge in [0.05, 0.1) is 11.0 Å². The Kier molecular flexibility index (Phi) is 7.10. The smallest absolute Gasteiger partial charge is 0.221 e. The molecule has 7 heteroatoms. The van der Waals surface area contributed by atoms with Gasteiger partial charge in [-0.3, -0.25) is 14.4 Å². The molecule has 0 aliphatic heterocycles. The van der Waals surface area contributed by atoms with Crippen molar-refractivity contribution in [2.24, 2.45) is 0 Å². The summed E-state index contributed by atoms with van der Waals surface area (Å²) < 4.78 is 0. The van der Waals surface area contributed by atoms with Crippen LogP contribution in [0.4, 0.5) is 0 Å². The number of rotatable bonds is 10. The van der Waals surface area contributed by atoms with Gasteiger partial charge in [-0.15, -0.1) is 0 Å². The number of H-pyrrole nitrogens is 1. The van der Waals surface area contributed by atoms with E-state index in [-0.39, 0.29) is 43.4 Å². The maximum atomic E-state index is 12.0. The van der Waals surface area contributed by atoms with Gasteiger partial charge in [0, 0.05) is 44.3 Å². The van der Waals surface area contributed by atoms with Gasteiger partial charge in [0.1, 0.15) is 5.82 Å². The Bertz CT molecular complexity index is 949. The molecule has 7 nitrogen and oxygen atoms in total. The third-order valence-corrected chi connectivity index (χ3v) is 4.47. The molecule has 0 aliphatic carbocycles. The van der Waals surface area contributed by atoms with Gasteiger partial charge in [0.2, 0.25) is 11.8 Å². The number of aromatic amines is 1. The summed E-state index contributed by atoms with van der Waals surface area (Å²) in [6.45, 7) is 0.715. The van der Waals surface area contributed by atoms with Gasteiger partial charge in [-0.1, -0.05) is 42.5 Å². The summed E-state index contributed by atoms with van der Waals surface area (Å²) in [5.41, 5.74) is 2.48. The SMILES string of the molecule is O=C(CCNC(=O)CCC(=O)c1ccccc1)NCCc1nc2ccccc2[nH]1. The highest BCUT2D eigenvalue weighted by molar-refractivity contribution is 5.97. The summed E-state index contributed by atoms with van der Waals surface area (Å²) in [7, 11) is 0. The van der Waals surface area contributed by atoms with Crippen molar-refractivity contribution in [3.63, 3.8) is 0 Å². The molecule has 150 valence electrons. The molecule has 1 aromatic heterocycles. The number of ketones is 1. The summed E-state index contributed by atoms with van der Waals surface area (Å²) in [6.07, 6.45) is 1.06. The number of fused-ring (bicyclic) bond motifs is 1. The number of Topliss-reactive ketones (excluding diaryl/α,β-unsaturated/α-hetero) is 1. The second kappa shape index (κ2) is 10.2. The number of carbonyl (C=O) groups excluding carboxylic acids is 3. The van der Waals surface area contributed by atoms with Gasteiger partial charge in [-0.2, -0.15) is 0 Å². The quantitative estimate of drug-likeness (QED) is 0.461. The number of imidazole rings is 1. The molecule has 0 bridgehead atoms. The van der Waals surface area contributed by atoms with Crippen molar-refractivity contribution in [3.8, 4) is 0 Å². The second-order valence-electron chi connectivity index (χ2n) is 6.69. The Morgan fingerprint density at radius 2 is 1.48 bits per heavy atom. The monoisotopic (exact) mass is 392 g/mol. The zero-order valence-electron chi connectivity index (χ0n) is 16.1. The molecule has 1 heterocycles. The molecule has 0 aliphatic rings. The van der Waals surface area contributed by atoms with Gasteiger partial charge in [-0.25, -0.2) is 4.98 Å². The first-order valence-corrected chi connectivity index (χ1v) is 9.67. The minimum atomic E-state index is -0.232. The Balaban J connectivity index is 1.28. The molecule has 3 rings (SSSR count). The summed E-state index contributed by atoms with van der Waals surface area (Å²) in [5, 5.41) is 5.49. The van der Waals surface area contributed by atoms with E-state index in [0.717, 1.165) is 16.9 Å². The van der Waals surface area contributed by atoms with Crippen LogP contribution in [0.3, 0.4) is 0 Å². The molecular formula is C22H24N4O3. The average molecular weight is 392 g/mol. The average Bonchev–Trinajstić information content (AvgIpc) is 3.15. The minimum absolute atomic E-state index is 0.0657. The van der Waals surface area contributed by atoms with E-state index in [1.165, 1.54) is 0 Å². The van der Waals surface area contributed by atoms with E-state index in [0.29, 0.717) is 18.5 Å². The van der Waals surface area contributed by atoms with E-state index in [1.54, 1.807) is 24.3 Å². The summed E-state index contributed by atoms with van der Waals surface area (Å²) in [5.74, 6) is 0.387. The van der Waals surface area contributed by atoms with E-state index in [1.807, 2.05) is 30.3 Å². The first-order chi connectivity index (χ1) is 14.1. The molecule has 0 saturated carbocycles. The maximum Gasteiger partial charge on any atom is 0.221 e. The molecule has 0 fully saturated rings. The third kappa shape index (κ3) is 6.27. The lowest BCUT2D eigenvalue weighted by atomic mass is 10.1. The van der Waals surface area contributed by atoms with Crippen molar-refractivity contribution in [1.29, 1.82) is 0 Å². The lowest BCUT2D eigenvalue weighted by Gasteiger charge is -2.06. The van der Waals surface area contributed by atoms with Crippen molar-refractivity contribution in [1.82, 2.24) is 20.6 Å². The fourth-order valence-electron chi connectivity index (χ4n) is 2.93. The van der Waals surface area contributed by atoms with Crippen LogP contribution in [-0.4, -0.2) is 40.7 Å². The fourth-order valence-corrected chi connectivity index (χ4v) is 2.93. The standard InChI is InChI=1S/C22H24N4O3/c27-19(16-6-2-1-3-7-16)10-11-21(28)24-15-13-22(29)23-14-12-20-25-17-8-4-5-9-18(17)26-20/h1-9H,10-15H2,(H,23,29)(H,24,28)(H,25,26). The molecule has 0 spiro atoms. The zero-order valence-corrected chi connectivity index (χ0v) is 16.1. The molecule has 2 amide bonds. The number of nitrogens with one attached hydrogen (secondary N) is 3. The Morgan fingerprint density at radius 1 is 0.793 bits per heavy atom. The summed E-state index contributed by atoms with van der Waals surface area (Å²) in [4.78, 5) is 43.4. The van der Waals surface area contributed by atoms with Crippen LogP contribution in [0.1, 0.15) is 35.4 Å². The van der Waals surface area contributed by atoms with Crippen LogP contribution in [0.25, 0.3) is 11.0 Å². The van der Waals surface area contributed by atoms with Gasteiger partial charge in [0.15, 0.2) is 5.78 Å². The number of amides is 2. The van der Waals surface area contributed by atoms with E-state index in [9.17, 15) is 14.4 Å². The molecule has 2 aromatic carbocycles. The van der Waals surface area contributed by atoms with E-state index in [2.05, 4.69) is 20.6 Å². The van der Waals surface area contributed by atoms with E-state index < -0.39 is 0 Å². The Morgan fingerprint density at radius 3 is 2.28 bits per heavy atom. The topological polar surface area (TPSA) is 104 Å².